The monoisotopic (exact) mass is 316 g/mol. The van der Waals surface area contributed by atoms with Gasteiger partial charge in [0.15, 0.2) is 0 Å². The second-order valence-corrected chi connectivity index (χ2v) is 6.10. The molecule has 0 radical (unpaired) electrons. The van der Waals surface area contributed by atoms with Crippen molar-refractivity contribution in [3.8, 4) is 0 Å². The average Bonchev–Trinajstić information content (AvgIpc) is 2.78. The summed E-state index contributed by atoms with van der Waals surface area (Å²) in [6.07, 6.45) is 1.33. The number of rotatable bonds is 4. The van der Waals surface area contributed by atoms with Gasteiger partial charge >= 0.3 is 0 Å². The van der Waals surface area contributed by atoms with Crippen LogP contribution in [0.4, 0.5) is 0 Å². The Balaban J connectivity index is 1.94. The highest BCUT2D eigenvalue weighted by molar-refractivity contribution is 5.94. The Bertz CT molecular complexity index is 598. The molecule has 5 nitrogen and oxygen atoms in total. The minimum absolute atomic E-state index is 0.00468. The van der Waals surface area contributed by atoms with Gasteiger partial charge in [0.25, 0.3) is 5.91 Å². The van der Waals surface area contributed by atoms with Gasteiger partial charge in [0, 0.05) is 44.6 Å². The third-order valence-electron chi connectivity index (χ3n) is 4.09. The van der Waals surface area contributed by atoms with Crippen LogP contribution < -0.4 is 0 Å². The fourth-order valence-corrected chi connectivity index (χ4v) is 2.77. The van der Waals surface area contributed by atoms with E-state index in [0.717, 1.165) is 12.0 Å². The molecule has 1 fully saturated rings. The van der Waals surface area contributed by atoms with E-state index in [1.807, 2.05) is 36.1 Å². The van der Waals surface area contributed by atoms with Crippen LogP contribution in [0.2, 0.25) is 0 Å². The van der Waals surface area contributed by atoms with Gasteiger partial charge in [-0.25, -0.2) is 0 Å². The van der Waals surface area contributed by atoms with Crippen LogP contribution in [0, 0.1) is 6.92 Å². The number of Topliss-reactive ketones (excluding diaryl/α,β-unsaturated/α-hetero) is 1. The molecular weight excluding hydrogens is 292 g/mol. The molecule has 0 N–H and O–H groups in total. The molecule has 1 aliphatic rings. The fourth-order valence-electron chi connectivity index (χ4n) is 2.77. The standard InChI is InChI=1S/C18H24N2O3/c1-14-5-3-6-16(13-14)18(23)20-10-4-9-19(11-12-20)17(22)8-7-15(2)21/h3,5-6,13H,4,7-12H2,1-2H3. The van der Waals surface area contributed by atoms with E-state index in [0.29, 0.717) is 38.2 Å². The summed E-state index contributed by atoms with van der Waals surface area (Å²) in [7, 11) is 0. The van der Waals surface area contributed by atoms with Crippen LogP contribution in [0.5, 0.6) is 0 Å². The lowest BCUT2D eigenvalue weighted by Gasteiger charge is -2.22. The van der Waals surface area contributed by atoms with Crippen LogP contribution in [-0.2, 0) is 9.59 Å². The summed E-state index contributed by atoms with van der Waals surface area (Å²) in [6, 6.07) is 7.58. The third-order valence-corrected chi connectivity index (χ3v) is 4.09. The minimum Gasteiger partial charge on any atom is -0.341 e. The third kappa shape index (κ3) is 4.91. The van der Waals surface area contributed by atoms with E-state index in [9.17, 15) is 14.4 Å². The highest BCUT2D eigenvalue weighted by Gasteiger charge is 2.22. The van der Waals surface area contributed by atoms with Crippen molar-refractivity contribution in [1.82, 2.24) is 9.80 Å². The smallest absolute Gasteiger partial charge is 0.253 e. The zero-order valence-electron chi connectivity index (χ0n) is 13.9. The number of carbonyl (C=O) groups excluding carboxylic acids is 3. The molecule has 1 aliphatic heterocycles. The molecule has 0 spiro atoms. The van der Waals surface area contributed by atoms with Crippen LogP contribution >= 0.6 is 0 Å². The molecule has 0 unspecified atom stereocenters. The first-order valence-electron chi connectivity index (χ1n) is 8.10. The van der Waals surface area contributed by atoms with Gasteiger partial charge in [0.2, 0.25) is 5.91 Å². The van der Waals surface area contributed by atoms with Crippen molar-refractivity contribution in [3.05, 3.63) is 35.4 Å². The molecule has 1 aromatic rings. The lowest BCUT2D eigenvalue weighted by atomic mass is 10.1. The predicted molar refractivity (Wildman–Crippen MR) is 88.2 cm³/mol. The van der Waals surface area contributed by atoms with Gasteiger partial charge in [-0.05, 0) is 32.4 Å². The Hall–Kier alpha value is -2.17. The summed E-state index contributed by atoms with van der Waals surface area (Å²) in [5.41, 5.74) is 1.76. The van der Waals surface area contributed by atoms with E-state index in [1.165, 1.54) is 6.92 Å². The van der Waals surface area contributed by atoms with Crippen molar-refractivity contribution in [1.29, 1.82) is 0 Å². The molecule has 1 heterocycles. The summed E-state index contributed by atoms with van der Waals surface area (Å²) in [5, 5.41) is 0. The molecule has 0 aromatic heterocycles. The van der Waals surface area contributed by atoms with Crippen LogP contribution in [0.15, 0.2) is 24.3 Å². The highest BCUT2D eigenvalue weighted by atomic mass is 16.2. The zero-order chi connectivity index (χ0) is 16.8. The number of hydrogen-bond acceptors (Lipinski definition) is 3. The molecule has 0 aliphatic carbocycles. The number of nitrogens with zero attached hydrogens (tertiary/aromatic N) is 2. The summed E-state index contributed by atoms with van der Waals surface area (Å²) < 4.78 is 0. The van der Waals surface area contributed by atoms with Crippen LogP contribution in [0.25, 0.3) is 0 Å². The Morgan fingerprint density at radius 1 is 1.00 bits per heavy atom. The maximum absolute atomic E-state index is 12.6. The van der Waals surface area contributed by atoms with Gasteiger partial charge in [0.05, 0.1) is 0 Å². The van der Waals surface area contributed by atoms with Gasteiger partial charge in [-0.15, -0.1) is 0 Å². The molecule has 2 amide bonds. The van der Waals surface area contributed by atoms with Crippen LogP contribution in [0.3, 0.4) is 0 Å². The number of hydrogen-bond donors (Lipinski definition) is 0. The van der Waals surface area contributed by atoms with Crippen molar-refractivity contribution in [2.45, 2.75) is 33.1 Å². The quantitative estimate of drug-likeness (QED) is 0.854. The molecule has 2 rings (SSSR count). The Morgan fingerprint density at radius 2 is 1.70 bits per heavy atom. The van der Waals surface area contributed by atoms with E-state index >= 15 is 0 Å². The first kappa shape index (κ1) is 17.2. The second-order valence-electron chi connectivity index (χ2n) is 6.10. The summed E-state index contributed by atoms with van der Waals surface area (Å²) in [6.45, 7) is 5.84. The number of ketones is 1. The molecule has 0 bridgehead atoms. The minimum atomic E-state index is 0.00468. The van der Waals surface area contributed by atoms with Crippen molar-refractivity contribution in [3.63, 3.8) is 0 Å². The van der Waals surface area contributed by atoms with Crippen LogP contribution in [0.1, 0.15) is 42.1 Å². The van der Waals surface area contributed by atoms with Crippen molar-refractivity contribution >= 4 is 17.6 Å². The summed E-state index contributed by atoms with van der Waals surface area (Å²) in [5.74, 6) is 0.0567. The number of benzene rings is 1. The first-order chi connectivity index (χ1) is 11.0. The van der Waals surface area contributed by atoms with E-state index < -0.39 is 0 Å². The maximum Gasteiger partial charge on any atom is 0.253 e. The molecule has 1 aromatic carbocycles. The predicted octanol–water partition coefficient (Wildman–Crippen LogP) is 2.04. The summed E-state index contributed by atoms with van der Waals surface area (Å²) >= 11 is 0. The topological polar surface area (TPSA) is 57.7 Å². The molecule has 0 saturated carbocycles. The number of amides is 2. The largest absolute Gasteiger partial charge is 0.341 e. The van der Waals surface area contributed by atoms with Gasteiger partial charge in [-0.1, -0.05) is 17.7 Å². The number of carbonyl (C=O) groups is 3. The van der Waals surface area contributed by atoms with E-state index in [2.05, 4.69) is 0 Å². The SMILES string of the molecule is CC(=O)CCC(=O)N1CCCN(C(=O)c2cccc(C)c2)CC1. The molecule has 0 atom stereocenters. The summed E-state index contributed by atoms with van der Waals surface area (Å²) in [4.78, 5) is 39.3. The van der Waals surface area contributed by atoms with Crippen molar-refractivity contribution < 1.29 is 14.4 Å². The Morgan fingerprint density at radius 3 is 2.39 bits per heavy atom. The van der Waals surface area contributed by atoms with Crippen molar-refractivity contribution in [2.75, 3.05) is 26.2 Å². The normalized spacial score (nSPS) is 15.2. The lowest BCUT2D eigenvalue weighted by molar-refractivity contribution is -0.132. The van der Waals surface area contributed by atoms with E-state index in [1.54, 1.807) is 4.90 Å². The highest BCUT2D eigenvalue weighted by Crippen LogP contribution is 2.12. The van der Waals surface area contributed by atoms with Crippen molar-refractivity contribution in [2.24, 2.45) is 0 Å². The Labute approximate surface area is 137 Å². The van der Waals surface area contributed by atoms with Gasteiger partial charge < -0.3 is 14.6 Å². The zero-order valence-corrected chi connectivity index (χ0v) is 13.9. The first-order valence-corrected chi connectivity index (χ1v) is 8.10. The van der Waals surface area contributed by atoms with E-state index in [4.69, 9.17) is 0 Å². The van der Waals surface area contributed by atoms with Gasteiger partial charge in [0.1, 0.15) is 5.78 Å². The maximum atomic E-state index is 12.6. The second kappa shape index (κ2) is 7.90. The average molecular weight is 316 g/mol. The number of aryl methyl sites for hydroxylation is 1. The van der Waals surface area contributed by atoms with Gasteiger partial charge in [-0.2, -0.15) is 0 Å². The van der Waals surface area contributed by atoms with E-state index in [-0.39, 0.29) is 24.0 Å². The Kier molecular flexibility index (Phi) is 5.90. The lowest BCUT2D eigenvalue weighted by Crippen LogP contribution is -2.37. The molecule has 5 heteroatoms. The molecule has 23 heavy (non-hydrogen) atoms. The fraction of sp³-hybridized carbons (Fsp3) is 0.500. The molecule has 124 valence electrons. The van der Waals surface area contributed by atoms with Gasteiger partial charge in [-0.3, -0.25) is 9.59 Å². The van der Waals surface area contributed by atoms with Crippen LogP contribution in [-0.4, -0.2) is 53.6 Å². The molecular formula is C18H24N2O3. The molecule has 1 saturated heterocycles.